The average molecular weight is 986 g/mol. The summed E-state index contributed by atoms with van der Waals surface area (Å²) in [6.45, 7) is 15.4. The minimum Gasteiger partial charge on any atom is -0.368 e. The van der Waals surface area contributed by atoms with Crippen molar-refractivity contribution in [3.05, 3.63) is 188 Å². The zero-order chi connectivity index (χ0) is 51.6. The van der Waals surface area contributed by atoms with Crippen LogP contribution in [0, 0.1) is 43.4 Å². The minimum atomic E-state index is 0. The Balaban J connectivity index is 0.000000213. The Morgan fingerprint density at radius 3 is 1.70 bits per heavy atom. The van der Waals surface area contributed by atoms with Gasteiger partial charge >= 0.3 is 0 Å². The zero-order valence-corrected chi connectivity index (χ0v) is 43.2. The van der Waals surface area contributed by atoms with Gasteiger partial charge in [-0.25, -0.2) is 9.98 Å². The van der Waals surface area contributed by atoms with Crippen molar-refractivity contribution >= 4 is 34.9 Å². The number of hydrogen-bond donors (Lipinski definition) is 1. The molecule has 74 heavy (non-hydrogen) atoms. The van der Waals surface area contributed by atoms with Gasteiger partial charge in [0.15, 0.2) is 11.6 Å². The van der Waals surface area contributed by atoms with Crippen LogP contribution in [0.15, 0.2) is 120 Å². The molecule has 0 saturated carbocycles. The molecule has 2 aromatic heterocycles. The Bertz CT molecular complexity index is 3050. The number of piperidine rings is 2. The number of rotatable bonds is 13. The Morgan fingerprint density at radius 1 is 0.689 bits per heavy atom. The molecular formula is C64H71N7O3. The van der Waals surface area contributed by atoms with E-state index in [1.165, 1.54) is 16.7 Å². The Kier molecular flexibility index (Phi) is 18.1. The number of carbonyl (C=O) groups is 3. The van der Waals surface area contributed by atoms with Crippen molar-refractivity contribution in [3.8, 4) is 18.4 Å². The van der Waals surface area contributed by atoms with Gasteiger partial charge in [-0.1, -0.05) is 69.7 Å². The molecule has 0 bridgehead atoms. The highest BCUT2D eigenvalue weighted by Crippen LogP contribution is 2.32. The molecule has 10 nitrogen and oxygen atoms in total. The maximum Gasteiger partial charge on any atom is 0.253 e. The SMILES string of the molecule is C.C#Cc1ccc(C2CCN(C(=O)c3ccc(C)c(Cc4ccc(C(=O)CC(C)C)cn4)c3)CC2)cc1.Cc1ccc(C(=O)N2CCC(c3ccc(C#N)cc3)CC2)cc1CC1=Nc2nc(NC(C)C)ccc2C1. The third-order valence-corrected chi connectivity index (χ3v) is 14.4. The minimum absolute atomic E-state index is 0. The summed E-state index contributed by atoms with van der Waals surface area (Å²) in [5.74, 6) is 5.83. The second-order valence-corrected chi connectivity index (χ2v) is 20.7. The number of likely N-dealkylation sites (tertiary alicyclic amines) is 2. The first-order chi connectivity index (χ1) is 35.2. The van der Waals surface area contributed by atoms with Crippen molar-refractivity contribution in [2.45, 2.75) is 118 Å². The number of nitriles is 1. The van der Waals surface area contributed by atoms with Crippen LogP contribution in [0.3, 0.4) is 0 Å². The molecule has 3 aliphatic rings. The van der Waals surface area contributed by atoms with Crippen LogP contribution in [0.1, 0.15) is 166 Å². The summed E-state index contributed by atoms with van der Waals surface area (Å²) >= 11 is 0. The predicted molar refractivity (Wildman–Crippen MR) is 299 cm³/mol. The number of nitrogens with one attached hydrogen (secondary N) is 1. The van der Waals surface area contributed by atoms with E-state index in [1.807, 2.05) is 103 Å². The molecule has 0 aliphatic carbocycles. The van der Waals surface area contributed by atoms with E-state index >= 15 is 0 Å². The highest BCUT2D eigenvalue weighted by Gasteiger charge is 2.27. The summed E-state index contributed by atoms with van der Waals surface area (Å²) in [7, 11) is 0. The van der Waals surface area contributed by atoms with E-state index in [0.29, 0.717) is 47.8 Å². The normalized spacial score (nSPS) is 14.5. The van der Waals surface area contributed by atoms with Crippen molar-refractivity contribution in [2.75, 3.05) is 31.5 Å². The van der Waals surface area contributed by atoms with Crippen molar-refractivity contribution in [1.29, 1.82) is 5.26 Å². The quantitative estimate of drug-likeness (QED) is 0.0900. The molecule has 2 saturated heterocycles. The summed E-state index contributed by atoms with van der Waals surface area (Å²) in [5.41, 5.74) is 13.9. The summed E-state index contributed by atoms with van der Waals surface area (Å²) < 4.78 is 0. The van der Waals surface area contributed by atoms with E-state index in [1.54, 1.807) is 6.20 Å². The number of ketones is 1. The fraction of sp³-hybridized carbons (Fsp3) is 0.359. The van der Waals surface area contributed by atoms with Crippen LogP contribution in [0.25, 0.3) is 0 Å². The number of aryl methyl sites for hydroxylation is 2. The van der Waals surface area contributed by atoms with E-state index in [2.05, 4.69) is 85.3 Å². The van der Waals surface area contributed by atoms with Crippen LogP contribution in [-0.4, -0.2) is 75.3 Å². The van der Waals surface area contributed by atoms with Gasteiger partial charge in [-0.05, 0) is 171 Å². The Morgan fingerprint density at radius 2 is 1.22 bits per heavy atom. The van der Waals surface area contributed by atoms with Crippen molar-refractivity contribution in [2.24, 2.45) is 10.9 Å². The predicted octanol–water partition coefficient (Wildman–Crippen LogP) is 12.8. The molecule has 0 unspecified atom stereocenters. The monoisotopic (exact) mass is 986 g/mol. The summed E-state index contributed by atoms with van der Waals surface area (Å²) in [5, 5.41) is 12.4. The van der Waals surface area contributed by atoms with E-state index in [0.717, 1.165) is 127 Å². The summed E-state index contributed by atoms with van der Waals surface area (Å²) in [6, 6.07) is 38.5. The molecule has 5 heterocycles. The number of nitrogens with zero attached hydrogens (tertiary/aromatic N) is 6. The number of anilines is 1. The first-order valence-electron chi connectivity index (χ1n) is 25.9. The van der Waals surface area contributed by atoms with Gasteiger partial charge < -0.3 is 15.1 Å². The lowest BCUT2D eigenvalue weighted by Gasteiger charge is -2.32. The van der Waals surface area contributed by atoms with Crippen molar-refractivity contribution in [3.63, 3.8) is 0 Å². The third kappa shape index (κ3) is 13.7. The standard InChI is InChI=1S/C32H34N2O2.C31H33N5O.CH4/c1-5-24-7-10-25(11-8-24)26-14-16-34(17-15-26)32(36)27-9-6-23(4)29(19-27)20-30-13-12-28(21-33-30)31(35)18-22(2)3;1-20(2)33-29-11-10-25-17-28(34-30(25)35-29)18-27-16-26(7-4-21(27)3)31(37)36-14-12-24(13-15-36)23-8-5-22(19-32)6-9-23;/h1,6-13,19,21-22,26H,14-18,20H2,2-4H3;4-11,16,20,24H,12-15,17-18H2,1-3H3,(H,33,35);1H4. The van der Waals surface area contributed by atoms with E-state index in [4.69, 9.17) is 16.7 Å². The highest BCUT2D eigenvalue weighted by atomic mass is 16.2. The number of amides is 2. The first kappa shape index (κ1) is 54.1. The fourth-order valence-electron chi connectivity index (χ4n) is 10.1. The topological polar surface area (TPSA) is 132 Å². The maximum absolute atomic E-state index is 13.4. The smallest absolute Gasteiger partial charge is 0.253 e. The van der Waals surface area contributed by atoms with Gasteiger partial charge in [0.05, 0.1) is 11.6 Å². The first-order valence-corrected chi connectivity index (χ1v) is 25.9. The van der Waals surface area contributed by atoms with E-state index in [-0.39, 0.29) is 25.0 Å². The second-order valence-electron chi connectivity index (χ2n) is 20.7. The molecule has 6 aromatic rings. The van der Waals surface area contributed by atoms with E-state index in [9.17, 15) is 14.4 Å². The van der Waals surface area contributed by atoms with Crippen LogP contribution in [0.2, 0.25) is 0 Å². The lowest BCUT2D eigenvalue weighted by atomic mass is 9.88. The molecular weight excluding hydrogens is 915 g/mol. The van der Waals surface area contributed by atoms with Crippen LogP contribution >= 0.6 is 0 Å². The average Bonchev–Trinajstić information content (AvgIpc) is 3.81. The highest BCUT2D eigenvalue weighted by molar-refractivity contribution is 5.98. The second kappa shape index (κ2) is 24.8. The number of hydrogen-bond acceptors (Lipinski definition) is 8. The number of fused-ring (bicyclic) bond motifs is 1. The van der Waals surface area contributed by atoms with Gasteiger partial charge in [-0.3, -0.25) is 19.4 Å². The molecule has 2 amide bonds. The number of aromatic nitrogens is 2. The molecule has 1 N–H and O–H groups in total. The molecule has 10 heteroatoms. The van der Waals surface area contributed by atoms with Gasteiger partial charge in [0.1, 0.15) is 5.82 Å². The van der Waals surface area contributed by atoms with Gasteiger partial charge in [-0.15, -0.1) is 6.42 Å². The molecule has 9 rings (SSSR count). The van der Waals surface area contributed by atoms with Crippen molar-refractivity contribution in [1.82, 2.24) is 19.8 Å². The molecule has 4 aromatic carbocycles. The molecule has 3 aliphatic heterocycles. The lowest BCUT2D eigenvalue weighted by Crippen LogP contribution is -2.38. The van der Waals surface area contributed by atoms with E-state index < -0.39 is 0 Å². The van der Waals surface area contributed by atoms with Crippen LogP contribution in [-0.2, 0) is 19.3 Å². The van der Waals surface area contributed by atoms with Crippen LogP contribution in [0.5, 0.6) is 0 Å². The third-order valence-electron chi connectivity index (χ3n) is 14.4. The Labute approximate surface area is 439 Å². The van der Waals surface area contributed by atoms with Crippen molar-refractivity contribution < 1.29 is 14.4 Å². The van der Waals surface area contributed by atoms with Gasteiger partial charge in [0.2, 0.25) is 0 Å². The number of Topliss-reactive ketones (excluding diaryl/α,β-unsaturated/α-hetero) is 1. The fourth-order valence-corrected chi connectivity index (χ4v) is 10.1. The van der Waals surface area contributed by atoms with Gasteiger partial charge in [0, 0.05) is 103 Å². The maximum atomic E-state index is 13.4. The lowest BCUT2D eigenvalue weighted by molar-refractivity contribution is 0.0705. The number of terminal acetylenes is 1. The molecule has 380 valence electrons. The Hall–Kier alpha value is -7.69. The number of carbonyl (C=O) groups excluding carboxylic acids is 3. The number of benzene rings is 4. The largest absolute Gasteiger partial charge is 0.368 e. The van der Waals surface area contributed by atoms with Gasteiger partial charge in [0.25, 0.3) is 11.8 Å². The van der Waals surface area contributed by atoms with Gasteiger partial charge in [-0.2, -0.15) is 5.26 Å². The molecule has 0 spiro atoms. The van der Waals surface area contributed by atoms with Crippen LogP contribution < -0.4 is 5.32 Å². The molecule has 0 radical (unpaired) electrons. The number of pyridine rings is 2. The molecule has 2 fully saturated rings. The summed E-state index contributed by atoms with van der Waals surface area (Å²) in [4.78, 5) is 56.9. The number of aliphatic imine (C=N–C) groups is 1. The zero-order valence-electron chi connectivity index (χ0n) is 43.2. The molecule has 0 atom stereocenters. The van der Waals surface area contributed by atoms with Crippen LogP contribution in [0.4, 0.5) is 11.6 Å². The summed E-state index contributed by atoms with van der Waals surface area (Å²) in [6.07, 6.45) is 13.6.